The van der Waals surface area contributed by atoms with Crippen LogP contribution >= 0.6 is 0 Å². The summed E-state index contributed by atoms with van der Waals surface area (Å²) in [4.78, 5) is 16.2. The van der Waals surface area contributed by atoms with Crippen LogP contribution in [0.5, 0.6) is 5.75 Å². The number of rotatable bonds is 5. The van der Waals surface area contributed by atoms with E-state index in [1.54, 1.807) is 18.6 Å². The van der Waals surface area contributed by atoms with Gasteiger partial charge in [-0.2, -0.15) is 0 Å². The van der Waals surface area contributed by atoms with E-state index in [4.69, 9.17) is 4.74 Å². The molecule has 21 heavy (non-hydrogen) atoms. The summed E-state index contributed by atoms with van der Waals surface area (Å²) in [5, 5.41) is 6.16. The lowest BCUT2D eigenvalue weighted by atomic mass is 10.1. The second kappa shape index (κ2) is 6.30. The number of hydrogen-bond acceptors (Lipinski definition) is 4. The Morgan fingerprint density at radius 1 is 1.48 bits per heavy atom. The summed E-state index contributed by atoms with van der Waals surface area (Å²) in [5.41, 5.74) is 1.47. The summed E-state index contributed by atoms with van der Waals surface area (Å²) >= 11 is 0. The van der Waals surface area contributed by atoms with Gasteiger partial charge in [-0.05, 0) is 18.6 Å². The van der Waals surface area contributed by atoms with E-state index in [0.717, 1.165) is 25.2 Å². The number of nitrogens with one attached hydrogen (secondary N) is 2. The van der Waals surface area contributed by atoms with Gasteiger partial charge in [-0.1, -0.05) is 6.07 Å². The van der Waals surface area contributed by atoms with Gasteiger partial charge in [0.25, 0.3) is 5.91 Å². The van der Waals surface area contributed by atoms with Crippen molar-refractivity contribution in [3.8, 4) is 5.75 Å². The lowest BCUT2D eigenvalue weighted by molar-refractivity contribution is 0.0948. The maximum absolute atomic E-state index is 12.2. The van der Waals surface area contributed by atoms with Crippen LogP contribution in [-0.2, 0) is 6.54 Å². The second-order valence-corrected chi connectivity index (χ2v) is 4.87. The first kappa shape index (κ1) is 13.5. The number of aryl methyl sites for hydroxylation is 1. The van der Waals surface area contributed by atoms with Gasteiger partial charge in [0.2, 0.25) is 0 Å². The summed E-state index contributed by atoms with van der Waals surface area (Å²) < 4.78 is 7.59. The molecular formula is C15H18N4O2. The van der Waals surface area contributed by atoms with Crippen molar-refractivity contribution in [1.29, 1.82) is 0 Å². The van der Waals surface area contributed by atoms with Gasteiger partial charge in [-0.3, -0.25) is 4.79 Å². The minimum atomic E-state index is -0.0961. The fourth-order valence-corrected chi connectivity index (χ4v) is 2.33. The first-order chi connectivity index (χ1) is 10.3. The number of anilines is 1. The third kappa shape index (κ3) is 3.16. The number of aromatic nitrogens is 2. The molecule has 1 aliphatic heterocycles. The second-order valence-electron chi connectivity index (χ2n) is 4.87. The molecule has 3 rings (SSSR count). The highest BCUT2D eigenvalue weighted by Gasteiger charge is 2.18. The lowest BCUT2D eigenvalue weighted by Crippen LogP contribution is -2.27. The van der Waals surface area contributed by atoms with Crippen molar-refractivity contribution in [1.82, 2.24) is 14.9 Å². The van der Waals surface area contributed by atoms with E-state index < -0.39 is 0 Å². The van der Waals surface area contributed by atoms with Crippen molar-refractivity contribution in [3.63, 3.8) is 0 Å². The van der Waals surface area contributed by atoms with E-state index in [1.165, 1.54) is 0 Å². The number of nitrogens with zero attached hydrogens (tertiary/aromatic N) is 2. The zero-order valence-electron chi connectivity index (χ0n) is 11.7. The summed E-state index contributed by atoms with van der Waals surface area (Å²) in [5.74, 6) is 0.553. The summed E-state index contributed by atoms with van der Waals surface area (Å²) in [6.45, 7) is 2.81. The minimum Gasteiger partial charge on any atom is -0.489 e. The molecule has 1 aromatic carbocycles. The average Bonchev–Trinajstić information content (AvgIpc) is 3.04. The molecule has 0 unspecified atom stereocenters. The highest BCUT2D eigenvalue weighted by molar-refractivity contribution is 5.98. The molecule has 0 saturated carbocycles. The molecule has 0 saturated heterocycles. The van der Waals surface area contributed by atoms with E-state index in [1.807, 2.05) is 22.9 Å². The molecule has 2 N–H and O–H groups in total. The number of amides is 1. The minimum absolute atomic E-state index is 0.0961. The quantitative estimate of drug-likeness (QED) is 0.818. The molecule has 2 heterocycles. The molecule has 1 aliphatic rings. The number of ether oxygens (including phenoxy) is 1. The van der Waals surface area contributed by atoms with Crippen LogP contribution in [0, 0.1) is 0 Å². The van der Waals surface area contributed by atoms with E-state index in [2.05, 4.69) is 15.6 Å². The molecule has 0 atom stereocenters. The van der Waals surface area contributed by atoms with Crippen LogP contribution in [0.25, 0.3) is 0 Å². The first-order valence-corrected chi connectivity index (χ1v) is 7.08. The lowest BCUT2D eigenvalue weighted by Gasteiger charge is -2.21. The van der Waals surface area contributed by atoms with Crippen LogP contribution in [0.2, 0.25) is 0 Å². The number of benzene rings is 1. The van der Waals surface area contributed by atoms with Crippen LogP contribution in [0.1, 0.15) is 16.8 Å². The van der Waals surface area contributed by atoms with E-state index in [9.17, 15) is 4.79 Å². The normalized spacial score (nSPS) is 13.0. The number of imidazole rings is 1. The number of para-hydroxylation sites is 1. The smallest absolute Gasteiger partial charge is 0.255 e. The first-order valence-electron chi connectivity index (χ1n) is 7.08. The van der Waals surface area contributed by atoms with Crippen LogP contribution in [-0.4, -0.2) is 35.2 Å². The highest BCUT2D eigenvalue weighted by Crippen LogP contribution is 2.30. The predicted octanol–water partition coefficient (Wildman–Crippen LogP) is 1.51. The fraction of sp³-hybridized carbons (Fsp3) is 0.333. The van der Waals surface area contributed by atoms with Gasteiger partial charge in [0.15, 0.2) is 5.75 Å². The van der Waals surface area contributed by atoms with Gasteiger partial charge in [0.1, 0.15) is 6.61 Å². The van der Waals surface area contributed by atoms with Gasteiger partial charge in [0, 0.05) is 32.0 Å². The number of carbonyl (C=O) groups is 1. The van der Waals surface area contributed by atoms with Crippen LogP contribution < -0.4 is 15.4 Å². The molecule has 1 amide bonds. The highest BCUT2D eigenvalue weighted by atomic mass is 16.5. The molecule has 0 fully saturated rings. The van der Waals surface area contributed by atoms with Crippen LogP contribution in [0.3, 0.4) is 0 Å². The fourth-order valence-electron chi connectivity index (χ4n) is 2.33. The van der Waals surface area contributed by atoms with Crippen molar-refractivity contribution in [2.24, 2.45) is 0 Å². The molecule has 6 heteroatoms. The molecule has 0 spiro atoms. The predicted molar refractivity (Wildman–Crippen MR) is 79.6 cm³/mol. The maximum Gasteiger partial charge on any atom is 0.255 e. The number of fused-ring (bicyclic) bond motifs is 1. The standard InChI is InChI=1S/C15H18N4O2/c20-15(18-5-2-8-19-9-6-16-11-19)12-3-1-4-13-14(12)21-10-7-17-13/h1,3-4,6,9,11,17H,2,5,7-8,10H2,(H,18,20). The summed E-state index contributed by atoms with van der Waals surface area (Å²) in [6, 6.07) is 5.57. The third-order valence-corrected chi connectivity index (χ3v) is 3.36. The Labute approximate surface area is 123 Å². The summed E-state index contributed by atoms with van der Waals surface area (Å²) in [6.07, 6.45) is 6.29. The average molecular weight is 286 g/mol. The Bertz CT molecular complexity index is 610. The monoisotopic (exact) mass is 286 g/mol. The molecule has 0 radical (unpaired) electrons. The van der Waals surface area contributed by atoms with Crippen molar-refractivity contribution in [2.45, 2.75) is 13.0 Å². The largest absolute Gasteiger partial charge is 0.489 e. The Hall–Kier alpha value is -2.50. The van der Waals surface area contributed by atoms with Crippen molar-refractivity contribution in [3.05, 3.63) is 42.5 Å². The topological polar surface area (TPSA) is 68.2 Å². The molecule has 1 aromatic heterocycles. The SMILES string of the molecule is O=C(NCCCn1ccnc1)c1cccc2c1OCCN2. The summed E-state index contributed by atoms with van der Waals surface area (Å²) in [7, 11) is 0. The Morgan fingerprint density at radius 3 is 3.29 bits per heavy atom. The van der Waals surface area contributed by atoms with Crippen LogP contribution in [0.15, 0.2) is 36.9 Å². The van der Waals surface area contributed by atoms with Crippen molar-refractivity contribution < 1.29 is 9.53 Å². The Kier molecular flexibility index (Phi) is 4.04. The number of hydrogen-bond donors (Lipinski definition) is 2. The van der Waals surface area contributed by atoms with Crippen molar-refractivity contribution in [2.75, 3.05) is 25.0 Å². The Morgan fingerprint density at radius 2 is 2.43 bits per heavy atom. The molecule has 110 valence electrons. The zero-order chi connectivity index (χ0) is 14.5. The van der Waals surface area contributed by atoms with E-state index in [-0.39, 0.29) is 5.91 Å². The van der Waals surface area contributed by atoms with Crippen molar-refractivity contribution >= 4 is 11.6 Å². The van der Waals surface area contributed by atoms with Gasteiger partial charge >= 0.3 is 0 Å². The van der Waals surface area contributed by atoms with E-state index in [0.29, 0.717) is 24.5 Å². The van der Waals surface area contributed by atoms with Gasteiger partial charge in [-0.25, -0.2) is 4.98 Å². The third-order valence-electron chi connectivity index (χ3n) is 3.36. The molecule has 0 bridgehead atoms. The van der Waals surface area contributed by atoms with Gasteiger partial charge < -0.3 is 19.9 Å². The maximum atomic E-state index is 12.2. The molecule has 2 aromatic rings. The van der Waals surface area contributed by atoms with E-state index >= 15 is 0 Å². The number of carbonyl (C=O) groups excluding carboxylic acids is 1. The zero-order valence-corrected chi connectivity index (χ0v) is 11.7. The van der Waals surface area contributed by atoms with Gasteiger partial charge in [0.05, 0.1) is 17.6 Å². The van der Waals surface area contributed by atoms with Gasteiger partial charge in [-0.15, -0.1) is 0 Å². The molecule has 6 nitrogen and oxygen atoms in total. The molecule has 0 aliphatic carbocycles. The Balaban J connectivity index is 1.56. The molecular weight excluding hydrogens is 268 g/mol. The van der Waals surface area contributed by atoms with Crippen LogP contribution in [0.4, 0.5) is 5.69 Å².